The Morgan fingerprint density at radius 2 is 1.89 bits per heavy atom. The highest BCUT2D eigenvalue weighted by Crippen LogP contribution is 2.34. The van der Waals surface area contributed by atoms with Gasteiger partial charge in [0.15, 0.2) is 5.82 Å². The highest BCUT2D eigenvalue weighted by Gasteiger charge is 2.42. The van der Waals surface area contributed by atoms with Gasteiger partial charge in [-0.3, -0.25) is 4.98 Å². The average molecular weight is 515 g/mol. The topological polar surface area (TPSA) is 103 Å². The van der Waals surface area contributed by atoms with Crippen LogP contribution in [0.2, 0.25) is 0 Å². The molecule has 0 spiro atoms. The standard InChI is InChI=1S/C24H25F3N8O2/c1-14-11-33(21-16(9-28)10-29-19-8-17(37-3)4-5-18(19)21)12-15(2)35(14)23(36)32-6-7-34-20(13-32)30-31-22(34)24(25,26)27/h4-5,8,10,14-15H,6-7,11-13H2,1-3H3. The molecule has 10 nitrogen and oxygen atoms in total. The van der Waals surface area contributed by atoms with E-state index in [-0.39, 0.29) is 43.6 Å². The minimum absolute atomic E-state index is 0.0242. The number of fused-ring (bicyclic) bond motifs is 2. The third-order valence-electron chi connectivity index (χ3n) is 6.90. The van der Waals surface area contributed by atoms with Gasteiger partial charge in [-0.2, -0.15) is 18.4 Å². The number of rotatable bonds is 2. The largest absolute Gasteiger partial charge is 0.497 e. The Hall–Kier alpha value is -4.08. The molecule has 2 amide bonds. The first-order valence-electron chi connectivity index (χ1n) is 11.8. The number of hydrogen-bond acceptors (Lipinski definition) is 7. The summed E-state index contributed by atoms with van der Waals surface area (Å²) in [6.07, 6.45) is -3.05. The van der Waals surface area contributed by atoms with Gasteiger partial charge in [-0.25, -0.2) is 4.79 Å². The summed E-state index contributed by atoms with van der Waals surface area (Å²) in [5.74, 6) is -0.267. The summed E-state index contributed by atoms with van der Waals surface area (Å²) in [4.78, 5) is 23.3. The molecular weight excluding hydrogens is 489 g/mol. The van der Waals surface area contributed by atoms with Crippen LogP contribution in [-0.4, -0.2) is 74.4 Å². The number of hydrogen-bond donors (Lipinski definition) is 0. The predicted octanol–water partition coefficient (Wildman–Crippen LogP) is 3.26. The molecule has 37 heavy (non-hydrogen) atoms. The fraction of sp³-hybridized carbons (Fsp3) is 0.458. The molecule has 1 fully saturated rings. The minimum atomic E-state index is -4.60. The molecule has 0 aliphatic carbocycles. The first-order chi connectivity index (χ1) is 17.6. The van der Waals surface area contributed by atoms with Crippen LogP contribution >= 0.6 is 0 Å². The number of nitriles is 1. The number of pyridine rings is 1. The van der Waals surface area contributed by atoms with Gasteiger partial charge in [-0.15, -0.1) is 10.2 Å². The summed E-state index contributed by atoms with van der Waals surface area (Å²) in [5, 5.41) is 17.6. The maximum atomic E-state index is 13.5. The second-order valence-electron chi connectivity index (χ2n) is 9.32. The van der Waals surface area contributed by atoms with Crippen molar-refractivity contribution in [1.82, 2.24) is 29.5 Å². The lowest BCUT2D eigenvalue weighted by Crippen LogP contribution is -2.62. The van der Waals surface area contributed by atoms with Crippen molar-refractivity contribution in [1.29, 1.82) is 5.26 Å². The van der Waals surface area contributed by atoms with Gasteiger partial charge in [0.1, 0.15) is 11.8 Å². The highest BCUT2D eigenvalue weighted by molar-refractivity contribution is 5.95. The number of alkyl halides is 3. The smallest absolute Gasteiger partial charge is 0.451 e. The lowest BCUT2D eigenvalue weighted by atomic mass is 10.0. The van der Waals surface area contributed by atoms with Crippen molar-refractivity contribution in [2.75, 3.05) is 31.6 Å². The van der Waals surface area contributed by atoms with Crippen molar-refractivity contribution in [2.45, 2.75) is 45.2 Å². The second kappa shape index (κ2) is 9.10. The van der Waals surface area contributed by atoms with Gasteiger partial charge in [0.25, 0.3) is 0 Å². The molecule has 2 aliphatic rings. The van der Waals surface area contributed by atoms with E-state index in [4.69, 9.17) is 4.74 Å². The zero-order valence-electron chi connectivity index (χ0n) is 20.5. The van der Waals surface area contributed by atoms with Crippen LogP contribution < -0.4 is 9.64 Å². The van der Waals surface area contributed by atoms with Gasteiger partial charge in [-0.05, 0) is 26.0 Å². The van der Waals surface area contributed by atoms with Crippen molar-refractivity contribution in [3.8, 4) is 11.8 Å². The summed E-state index contributed by atoms with van der Waals surface area (Å²) < 4.78 is 45.9. The van der Waals surface area contributed by atoms with Crippen LogP contribution in [0.25, 0.3) is 10.9 Å². The van der Waals surface area contributed by atoms with E-state index in [2.05, 4.69) is 26.2 Å². The van der Waals surface area contributed by atoms with Gasteiger partial charge in [0.05, 0.1) is 30.4 Å². The first-order valence-corrected chi connectivity index (χ1v) is 11.8. The first kappa shape index (κ1) is 24.6. The molecule has 2 aromatic heterocycles. The number of carbonyl (C=O) groups is 1. The molecule has 4 heterocycles. The average Bonchev–Trinajstić information content (AvgIpc) is 3.31. The Bertz CT molecular complexity index is 1390. The molecule has 1 aromatic carbocycles. The van der Waals surface area contributed by atoms with Crippen LogP contribution in [0.1, 0.15) is 31.1 Å². The van der Waals surface area contributed by atoms with Gasteiger partial charge < -0.3 is 24.0 Å². The fourth-order valence-electron chi connectivity index (χ4n) is 5.28. The lowest BCUT2D eigenvalue weighted by Gasteiger charge is -2.47. The molecule has 2 aliphatic heterocycles. The Kier molecular flexibility index (Phi) is 6.05. The number of carbonyl (C=O) groups excluding carboxylic acids is 1. The second-order valence-corrected chi connectivity index (χ2v) is 9.32. The SMILES string of the molecule is COc1ccc2c(N3CC(C)N(C(=O)N4CCn5c(nnc5C(F)(F)F)C4)C(C)C3)c(C#N)cnc2c1. The number of halogens is 3. The number of aromatic nitrogens is 4. The van der Waals surface area contributed by atoms with Crippen LogP contribution in [0.4, 0.5) is 23.7 Å². The molecule has 1 saturated heterocycles. The third kappa shape index (κ3) is 4.26. The molecule has 194 valence electrons. The van der Waals surface area contributed by atoms with E-state index in [1.807, 2.05) is 32.0 Å². The Morgan fingerprint density at radius 3 is 2.54 bits per heavy atom. The van der Waals surface area contributed by atoms with Crippen molar-refractivity contribution in [3.63, 3.8) is 0 Å². The number of urea groups is 1. The maximum Gasteiger partial charge on any atom is 0.451 e. The van der Waals surface area contributed by atoms with E-state index in [1.54, 1.807) is 18.2 Å². The number of piperazine rings is 1. The fourth-order valence-corrected chi connectivity index (χ4v) is 5.28. The number of methoxy groups -OCH3 is 1. The highest BCUT2D eigenvalue weighted by atomic mass is 19.4. The molecule has 0 saturated carbocycles. The molecule has 0 N–H and O–H groups in total. The Morgan fingerprint density at radius 1 is 1.16 bits per heavy atom. The number of anilines is 1. The Balaban J connectivity index is 1.38. The molecule has 0 bridgehead atoms. The monoisotopic (exact) mass is 514 g/mol. The van der Waals surface area contributed by atoms with Gasteiger partial charge in [0.2, 0.25) is 5.82 Å². The van der Waals surface area contributed by atoms with Crippen molar-refractivity contribution in [3.05, 3.63) is 41.6 Å². The van der Waals surface area contributed by atoms with Crippen LogP contribution in [0, 0.1) is 11.3 Å². The third-order valence-corrected chi connectivity index (χ3v) is 6.90. The normalized spacial score (nSPS) is 20.1. The van der Waals surface area contributed by atoms with Crippen molar-refractivity contribution in [2.24, 2.45) is 0 Å². The number of amides is 2. The van der Waals surface area contributed by atoms with E-state index < -0.39 is 12.0 Å². The number of nitrogens with zero attached hydrogens (tertiary/aromatic N) is 8. The van der Waals surface area contributed by atoms with E-state index >= 15 is 0 Å². The predicted molar refractivity (Wildman–Crippen MR) is 127 cm³/mol. The van der Waals surface area contributed by atoms with Gasteiger partial charge >= 0.3 is 12.2 Å². The van der Waals surface area contributed by atoms with Crippen molar-refractivity contribution >= 4 is 22.6 Å². The molecule has 2 unspecified atom stereocenters. The maximum absolute atomic E-state index is 13.5. The molecular formula is C24H25F3N8O2. The summed E-state index contributed by atoms with van der Waals surface area (Å²) >= 11 is 0. The van der Waals surface area contributed by atoms with Crippen molar-refractivity contribution < 1.29 is 22.7 Å². The molecule has 5 rings (SSSR count). The zero-order valence-corrected chi connectivity index (χ0v) is 20.5. The summed E-state index contributed by atoms with van der Waals surface area (Å²) in [6, 6.07) is 7.03. The zero-order chi connectivity index (χ0) is 26.5. The Labute approximate surface area is 210 Å². The summed E-state index contributed by atoms with van der Waals surface area (Å²) in [5.41, 5.74) is 1.89. The van der Waals surface area contributed by atoms with Gasteiger partial charge in [-0.1, -0.05) is 0 Å². The minimum Gasteiger partial charge on any atom is -0.497 e. The molecule has 0 radical (unpaired) electrons. The quantitative estimate of drug-likeness (QED) is 0.517. The summed E-state index contributed by atoms with van der Waals surface area (Å²) in [7, 11) is 1.58. The molecule has 3 aromatic rings. The van der Waals surface area contributed by atoms with E-state index in [0.29, 0.717) is 29.9 Å². The van der Waals surface area contributed by atoms with Crippen LogP contribution in [0.3, 0.4) is 0 Å². The summed E-state index contributed by atoms with van der Waals surface area (Å²) in [6.45, 7) is 4.85. The van der Waals surface area contributed by atoms with E-state index in [9.17, 15) is 23.2 Å². The van der Waals surface area contributed by atoms with Crippen LogP contribution in [-0.2, 0) is 19.3 Å². The number of benzene rings is 1. The van der Waals surface area contributed by atoms with Crippen LogP contribution in [0.5, 0.6) is 5.75 Å². The van der Waals surface area contributed by atoms with Crippen LogP contribution in [0.15, 0.2) is 24.4 Å². The molecule has 2 atom stereocenters. The molecule has 13 heteroatoms. The van der Waals surface area contributed by atoms with E-state index in [0.717, 1.165) is 15.6 Å². The lowest BCUT2D eigenvalue weighted by molar-refractivity contribution is -0.147. The van der Waals surface area contributed by atoms with Gasteiger partial charge in [0, 0.05) is 55.9 Å². The van der Waals surface area contributed by atoms with E-state index in [1.165, 1.54) is 4.90 Å². The number of ether oxygens (including phenoxy) is 1.